The summed E-state index contributed by atoms with van der Waals surface area (Å²) in [6.07, 6.45) is 0. The minimum Gasteiger partial charge on any atom is -0.508 e. The number of aliphatic hydroxyl groups is 1. The molecule has 1 aliphatic heterocycles. The maximum atomic E-state index is 12.0. The van der Waals surface area contributed by atoms with Crippen LogP contribution in [-0.4, -0.2) is 39.7 Å². The summed E-state index contributed by atoms with van der Waals surface area (Å²) < 4.78 is 0. The Bertz CT molecular complexity index is 419. The second-order valence-corrected chi connectivity index (χ2v) is 4.97. The van der Waals surface area contributed by atoms with Crippen LogP contribution in [0.5, 0.6) is 5.75 Å². The van der Waals surface area contributed by atoms with Gasteiger partial charge >= 0.3 is 0 Å². The van der Waals surface area contributed by atoms with Crippen molar-refractivity contribution in [2.45, 2.75) is 19.4 Å². The number of phenolic OH excluding ortho intramolecular Hbond substituents is 1. The van der Waals surface area contributed by atoms with Crippen LogP contribution in [0.3, 0.4) is 0 Å². The molecule has 0 atom stereocenters. The van der Waals surface area contributed by atoms with E-state index in [4.69, 9.17) is 5.11 Å². The molecule has 0 saturated carbocycles. The van der Waals surface area contributed by atoms with E-state index in [0.29, 0.717) is 18.7 Å². The Morgan fingerprint density at radius 1 is 1.29 bits per heavy atom. The normalized spacial score (nSPS) is 18.0. The molecular formula is C13H17NO3. The van der Waals surface area contributed by atoms with Crippen molar-refractivity contribution < 1.29 is 15.0 Å². The fraction of sp³-hybridized carbons (Fsp3) is 0.462. The number of rotatable bonds is 2. The molecule has 0 aromatic heterocycles. The molecule has 1 amide bonds. The van der Waals surface area contributed by atoms with Gasteiger partial charge in [0.05, 0.1) is 13.1 Å². The zero-order valence-corrected chi connectivity index (χ0v) is 10.1. The highest BCUT2D eigenvalue weighted by Crippen LogP contribution is 2.29. The number of hydrogen-bond donors (Lipinski definition) is 2. The van der Waals surface area contributed by atoms with Crippen LogP contribution in [0.1, 0.15) is 24.2 Å². The lowest BCUT2D eigenvalue weighted by Gasteiger charge is -2.49. The lowest BCUT2D eigenvalue weighted by molar-refractivity contribution is -0.110. The molecule has 1 aliphatic rings. The number of carbonyl (C=O) groups excluding carboxylic acids is 1. The molecule has 1 saturated heterocycles. The standard InChI is InChI=1S/C13H17NO3/c1-9(2)13(17)7-14(8-13)12(16)10-3-5-11(15)6-4-10/h3-6,9,15,17H,7-8H2,1-2H3. The van der Waals surface area contributed by atoms with E-state index in [1.54, 1.807) is 17.0 Å². The van der Waals surface area contributed by atoms with Gasteiger partial charge in [-0.3, -0.25) is 4.79 Å². The maximum absolute atomic E-state index is 12.0. The third-order valence-electron chi connectivity index (χ3n) is 3.41. The predicted molar refractivity (Wildman–Crippen MR) is 63.8 cm³/mol. The summed E-state index contributed by atoms with van der Waals surface area (Å²) in [7, 11) is 0. The van der Waals surface area contributed by atoms with Gasteiger partial charge in [-0.2, -0.15) is 0 Å². The number of aromatic hydroxyl groups is 1. The van der Waals surface area contributed by atoms with Crippen molar-refractivity contribution in [1.29, 1.82) is 0 Å². The summed E-state index contributed by atoms with van der Waals surface area (Å²) in [6.45, 7) is 4.65. The monoisotopic (exact) mass is 235 g/mol. The van der Waals surface area contributed by atoms with Gasteiger partial charge in [-0.25, -0.2) is 0 Å². The number of benzene rings is 1. The average molecular weight is 235 g/mol. The van der Waals surface area contributed by atoms with Crippen molar-refractivity contribution in [3.63, 3.8) is 0 Å². The van der Waals surface area contributed by atoms with Crippen molar-refractivity contribution in [1.82, 2.24) is 4.90 Å². The summed E-state index contributed by atoms with van der Waals surface area (Å²) in [5.41, 5.74) is -0.208. The first-order valence-electron chi connectivity index (χ1n) is 5.73. The molecule has 17 heavy (non-hydrogen) atoms. The minimum atomic E-state index is -0.743. The van der Waals surface area contributed by atoms with Crippen LogP contribution < -0.4 is 0 Å². The molecule has 0 radical (unpaired) electrons. The van der Waals surface area contributed by atoms with Crippen molar-refractivity contribution in [2.24, 2.45) is 5.92 Å². The van der Waals surface area contributed by atoms with Gasteiger partial charge in [-0.05, 0) is 30.2 Å². The number of likely N-dealkylation sites (tertiary alicyclic amines) is 1. The Morgan fingerprint density at radius 2 is 1.82 bits per heavy atom. The number of hydrogen-bond acceptors (Lipinski definition) is 3. The molecule has 0 spiro atoms. The topological polar surface area (TPSA) is 60.8 Å². The van der Waals surface area contributed by atoms with Gasteiger partial charge in [0.2, 0.25) is 0 Å². The highest BCUT2D eigenvalue weighted by molar-refractivity contribution is 5.95. The zero-order chi connectivity index (χ0) is 12.6. The largest absolute Gasteiger partial charge is 0.508 e. The van der Waals surface area contributed by atoms with E-state index in [9.17, 15) is 9.90 Å². The molecule has 0 aliphatic carbocycles. The van der Waals surface area contributed by atoms with Crippen LogP contribution in [0.25, 0.3) is 0 Å². The highest BCUT2D eigenvalue weighted by atomic mass is 16.3. The van der Waals surface area contributed by atoms with E-state index >= 15 is 0 Å². The molecule has 1 heterocycles. The van der Waals surface area contributed by atoms with E-state index in [1.165, 1.54) is 12.1 Å². The van der Waals surface area contributed by atoms with Crippen LogP contribution in [0.15, 0.2) is 24.3 Å². The van der Waals surface area contributed by atoms with Gasteiger partial charge in [-0.1, -0.05) is 13.8 Å². The Kier molecular flexibility index (Phi) is 2.83. The number of phenols is 1. The first kappa shape index (κ1) is 11.9. The summed E-state index contributed by atoms with van der Waals surface area (Å²) in [5, 5.41) is 19.2. The summed E-state index contributed by atoms with van der Waals surface area (Å²) in [4.78, 5) is 13.6. The molecule has 1 aromatic carbocycles. The van der Waals surface area contributed by atoms with Gasteiger partial charge < -0.3 is 15.1 Å². The van der Waals surface area contributed by atoms with Crippen LogP contribution in [0.2, 0.25) is 0 Å². The maximum Gasteiger partial charge on any atom is 0.254 e. The van der Waals surface area contributed by atoms with Gasteiger partial charge in [0, 0.05) is 5.56 Å². The number of carbonyl (C=O) groups is 1. The SMILES string of the molecule is CC(C)C1(O)CN(C(=O)c2ccc(O)cc2)C1. The van der Waals surface area contributed by atoms with Gasteiger partial charge in [-0.15, -0.1) is 0 Å². The Labute approximate surface area is 100 Å². The first-order chi connectivity index (χ1) is 7.92. The molecule has 1 aromatic rings. The fourth-order valence-corrected chi connectivity index (χ4v) is 1.91. The third-order valence-corrected chi connectivity index (χ3v) is 3.41. The van der Waals surface area contributed by atoms with Crippen LogP contribution >= 0.6 is 0 Å². The molecule has 92 valence electrons. The van der Waals surface area contributed by atoms with Crippen molar-refractivity contribution in [2.75, 3.05) is 13.1 Å². The van der Waals surface area contributed by atoms with Gasteiger partial charge in [0.25, 0.3) is 5.91 Å². The summed E-state index contributed by atoms with van der Waals surface area (Å²) in [6, 6.07) is 6.15. The second-order valence-electron chi connectivity index (χ2n) is 4.97. The van der Waals surface area contributed by atoms with Crippen LogP contribution in [0.4, 0.5) is 0 Å². The highest BCUT2D eigenvalue weighted by Gasteiger charge is 2.45. The fourth-order valence-electron chi connectivity index (χ4n) is 1.91. The van der Waals surface area contributed by atoms with Crippen LogP contribution in [-0.2, 0) is 0 Å². The minimum absolute atomic E-state index is 0.102. The molecule has 2 N–H and O–H groups in total. The van der Waals surface area contributed by atoms with Crippen LogP contribution in [0, 0.1) is 5.92 Å². The van der Waals surface area contributed by atoms with Crippen molar-refractivity contribution in [3.8, 4) is 5.75 Å². The van der Waals surface area contributed by atoms with E-state index in [-0.39, 0.29) is 17.6 Å². The number of β-amino-alcohol motifs (C(OH)–C–C–N with tert-alkyl or cyclic N) is 1. The molecule has 4 heteroatoms. The summed E-state index contributed by atoms with van der Waals surface area (Å²) >= 11 is 0. The zero-order valence-electron chi connectivity index (χ0n) is 10.1. The van der Waals surface area contributed by atoms with E-state index in [1.807, 2.05) is 13.8 Å². The molecule has 4 nitrogen and oxygen atoms in total. The Balaban J connectivity index is 2.02. The predicted octanol–water partition coefficient (Wildman–Crippen LogP) is 1.24. The van der Waals surface area contributed by atoms with Crippen molar-refractivity contribution in [3.05, 3.63) is 29.8 Å². The summed E-state index contributed by atoms with van der Waals surface area (Å²) in [5.74, 6) is 0.186. The lowest BCUT2D eigenvalue weighted by atomic mass is 9.82. The number of amides is 1. The smallest absolute Gasteiger partial charge is 0.254 e. The molecule has 2 rings (SSSR count). The van der Waals surface area contributed by atoms with Crippen molar-refractivity contribution >= 4 is 5.91 Å². The number of nitrogens with zero attached hydrogens (tertiary/aromatic N) is 1. The molecular weight excluding hydrogens is 218 g/mol. The quantitative estimate of drug-likeness (QED) is 0.810. The lowest BCUT2D eigenvalue weighted by Crippen LogP contribution is -2.65. The van der Waals surface area contributed by atoms with E-state index in [2.05, 4.69) is 0 Å². The Morgan fingerprint density at radius 3 is 2.29 bits per heavy atom. The first-order valence-corrected chi connectivity index (χ1v) is 5.73. The van der Waals surface area contributed by atoms with E-state index in [0.717, 1.165) is 0 Å². The van der Waals surface area contributed by atoms with E-state index < -0.39 is 5.60 Å². The van der Waals surface area contributed by atoms with Gasteiger partial charge in [0.15, 0.2) is 0 Å². The average Bonchev–Trinajstić information content (AvgIpc) is 2.24. The second kappa shape index (κ2) is 4.04. The third kappa shape index (κ3) is 2.13. The molecule has 0 unspecified atom stereocenters. The molecule has 1 fully saturated rings. The molecule has 0 bridgehead atoms. The Hall–Kier alpha value is -1.55. The van der Waals surface area contributed by atoms with Gasteiger partial charge in [0.1, 0.15) is 11.4 Å².